The van der Waals surface area contributed by atoms with E-state index in [1.54, 1.807) is 6.08 Å². The molecule has 3 heteroatoms. The molecule has 2 heterocycles. The first kappa shape index (κ1) is 15.2. The van der Waals surface area contributed by atoms with E-state index in [0.717, 1.165) is 24.3 Å². The van der Waals surface area contributed by atoms with E-state index in [2.05, 4.69) is 22.4 Å². The fourth-order valence-corrected chi connectivity index (χ4v) is 5.96. The van der Waals surface area contributed by atoms with Crippen LogP contribution in [-0.4, -0.2) is 37.3 Å². The highest BCUT2D eigenvalue weighted by Gasteiger charge is 2.45. The first-order valence-electron chi connectivity index (χ1n) is 9.92. The van der Waals surface area contributed by atoms with E-state index in [0.29, 0.717) is 6.42 Å². The molecule has 1 N–H and O–H groups in total. The van der Waals surface area contributed by atoms with Gasteiger partial charge in [-0.05, 0) is 80.7 Å². The number of halogens is 1. The van der Waals surface area contributed by atoms with Gasteiger partial charge >= 0.3 is 0 Å². The zero-order chi connectivity index (χ0) is 16.1. The number of hydrogen-bond acceptors (Lipinski definition) is 2. The number of nitrogens with zero attached hydrogens (tertiary/aromatic N) is 1. The second-order valence-corrected chi connectivity index (χ2v) is 8.74. The smallest absolute Gasteiger partial charge is 0.122 e. The molecule has 130 valence electrons. The maximum atomic E-state index is 13.9. The van der Waals surface area contributed by atoms with E-state index in [1.165, 1.54) is 63.0 Å². The average molecular weight is 328 g/mol. The molecular weight excluding hydrogens is 299 g/mol. The highest BCUT2D eigenvalue weighted by atomic mass is 19.1. The number of hydrogen-bond donors (Lipinski definition) is 1. The monoisotopic (exact) mass is 328 g/mol. The Balaban J connectivity index is 1.21. The van der Waals surface area contributed by atoms with Gasteiger partial charge in [0, 0.05) is 30.6 Å². The molecule has 0 bridgehead atoms. The van der Waals surface area contributed by atoms with Crippen LogP contribution >= 0.6 is 0 Å². The first-order chi connectivity index (χ1) is 11.7. The van der Waals surface area contributed by atoms with Crippen molar-refractivity contribution in [2.75, 3.05) is 26.2 Å². The minimum atomic E-state index is -0.774. The fourth-order valence-electron chi connectivity index (χ4n) is 5.96. The van der Waals surface area contributed by atoms with Crippen LogP contribution in [0.5, 0.6) is 0 Å². The molecule has 0 aromatic rings. The lowest BCUT2D eigenvalue weighted by Crippen LogP contribution is -2.48. The van der Waals surface area contributed by atoms with Gasteiger partial charge in [-0.3, -0.25) is 0 Å². The summed E-state index contributed by atoms with van der Waals surface area (Å²) in [5.41, 5.74) is 2.86. The third-order valence-electron chi connectivity index (χ3n) is 7.52. The first-order valence-corrected chi connectivity index (χ1v) is 9.92. The molecule has 5 aliphatic rings. The van der Waals surface area contributed by atoms with Crippen molar-refractivity contribution in [1.29, 1.82) is 0 Å². The Morgan fingerprint density at radius 3 is 2.96 bits per heavy atom. The van der Waals surface area contributed by atoms with Crippen LogP contribution < -0.4 is 5.32 Å². The van der Waals surface area contributed by atoms with Crippen molar-refractivity contribution >= 4 is 0 Å². The van der Waals surface area contributed by atoms with Crippen molar-refractivity contribution in [3.8, 4) is 0 Å². The minimum Gasteiger partial charge on any atom is -0.384 e. The Morgan fingerprint density at radius 2 is 2.12 bits per heavy atom. The third-order valence-corrected chi connectivity index (χ3v) is 7.52. The van der Waals surface area contributed by atoms with Gasteiger partial charge in [0.05, 0.1) is 0 Å². The summed E-state index contributed by atoms with van der Waals surface area (Å²) in [5, 5.41) is 3.55. The van der Waals surface area contributed by atoms with Crippen LogP contribution in [0.15, 0.2) is 35.6 Å². The molecule has 4 unspecified atom stereocenters. The lowest BCUT2D eigenvalue weighted by molar-refractivity contribution is 0.0378. The fraction of sp³-hybridized carbons (Fsp3) is 0.714. The number of nitrogens with one attached hydrogen (secondary N) is 1. The van der Waals surface area contributed by atoms with Crippen molar-refractivity contribution in [1.82, 2.24) is 10.2 Å². The van der Waals surface area contributed by atoms with Crippen molar-refractivity contribution in [2.45, 2.75) is 44.7 Å². The summed E-state index contributed by atoms with van der Waals surface area (Å²) in [6.07, 6.45) is 15.0. The number of allylic oxidation sites excluding steroid dienone is 4. The van der Waals surface area contributed by atoms with Gasteiger partial charge in [0.15, 0.2) is 0 Å². The standard InChI is InChI=1S/C21H29FN2/c22-17-5-6-20-19(12-17)21(14-23-20)7-9-24(10-8-21)13-16-11-15-3-1-2-4-18(15)16/h2,4-6,15-18,23H,1,3,7-14H2. The number of rotatable bonds is 2. The highest BCUT2D eigenvalue weighted by Crippen LogP contribution is 2.49. The number of alkyl halides is 1. The van der Waals surface area contributed by atoms with E-state index in [4.69, 9.17) is 0 Å². The predicted octanol–water partition coefficient (Wildman–Crippen LogP) is 3.83. The Kier molecular flexibility index (Phi) is 3.62. The molecule has 1 saturated carbocycles. The molecule has 4 atom stereocenters. The van der Waals surface area contributed by atoms with E-state index in [-0.39, 0.29) is 5.41 Å². The lowest BCUT2D eigenvalue weighted by Gasteiger charge is -2.49. The molecule has 0 radical (unpaired) electrons. The zero-order valence-electron chi connectivity index (χ0n) is 14.5. The van der Waals surface area contributed by atoms with Crippen molar-refractivity contribution in [3.05, 3.63) is 35.6 Å². The van der Waals surface area contributed by atoms with Crippen molar-refractivity contribution in [2.24, 2.45) is 23.2 Å². The van der Waals surface area contributed by atoms with Crippen LogP contribution in [0.25, 0.3) is 0 Å². The van der Waals surface area contributed by atoms with Gasteiger partial charge < -0.3 is 10.2 Å². The van der Waals surface area contributed by atoms with Crippen LogP contribution in [0, 0.1) is 23.2 Å². The van der Waals surface area contributed by atoms with Crippen LogP contribution in [-0.2, 0) is 0 Å². The maximum Gasteiger partial charge on any atom is 0.122 e. The quantitative estimate of drug-likeness (QED) is 0.775. The minimum absolute atomic E-state index is 0.244. The largest absolute Gasteiger partial charge is 0.384 e. The highest BCUT2D eigenvalue weighted by molar-refractivity contribution is 5.39. The summed E-state index contributed by atoms with van der Waals surface area (Å²) in [5.74, 6) is 2.75. The predicted molar refractivity (Wildman–Crippen MR) is 95.2 cm³/mol. The molecular formula is C21H29FN2. The topological polar surface area (TPSA) is 15.3 Å². The van der Waals surface area contributed by atoms with Gasteiger partial charge in [-0.2, -0.15) is 0 Å². The molecule has 2 fully saturated rings. The van der Waals surface area contributed by atoms with E-state index in [9.17, 15) is 4.39 Å². The van der Waals surface area contributed by atoms with Gasteiger partial charge in [0.2, 0.25) is 0 Å². The molecule has 0 amide bonds. The van der Waals surface area contributed by atoms with E-state index in [1.807, 2.05) is 6.08 Å². The summed E-state index contributed by atoms with van der Waals surface area (Å²) in [6, 6.07) is 0. The molecule has 0 aromatic carbocycles. The normalized spacial score (nSPS) is 40.2. The van der Waals surface area contributed by atoms with Gasteiger partial charge in [0.1, 0.15) is 6.17 Å². The average Bonchev–Trinajstić information content (AvgIpc) is 2.92. The van der Waals surface area contributed by atoms with Gasteiger partial charge in [-0.25, -0.2) is 4.39 Å². The number of piperidine rings is 1. The van der Waals surface area contributed by atoms with Gasteiger partial charge in [-0.15, -0.1) is 0 Å². The molecule has 2 nitrogen and oxygen atoms in total. The Labute approximate surface area is 144 Å². The molecule has 0 aromatic heterocycles. The maximum absolute atomic E-state index is 13.9. The van der Waals surface area contributed by atoms with Crippen molar-refractivity contribution in [3.63, 3.8) is 0 Å². The lowest BCUT2D eigenvalue weighted by atomic mass is 9.61. The molecule has 3 aliphatic carbocycles. The summed E-state index contributed by atoms with van der Waals surface area (Å²) in [6.45, 7) is 4.69. The summed E-state index contributed by atoms with van der Waals surface area (Å²) >= 11 is 0. The zero-order valence-corrected chi connectivity index (χ0v) is 14.5. The summed E-state index contributed by atoms with van der Waals surface area (Å²) < 4.78 is 13.9. The molecule has 24 heavy (non-hydrogen) atoms. The van der Waals surface area contributed by atoms with Crippen molar-refractivity contribution < 1.29 is 4.39 Å². The van der Waals surface area contributed by atoms with Crippen LogP contribution in [0.4, 0.5) is 4.39 Å². The number of likely N-dealkylation sites (tertiary alicyclic amines) is 1. The Bertz CT molecular complexity index is 597. The molecule has 5 rings (SSSR count). The number of fused-ring (bicyclic) bond motifs is 2. The third kappa shape index (κ3) is 2.39. The molecule has 2 aliphatic heterocycles. The SMILES string of the molecule is FC1C=CC2=C(C1)C1(CCN(CC3CC4CCC=CC43)CC1)CN2. The second kappa shape index (κ2) is 5.72. The summed E-state index contributed by atoms with van der Waals surface area (Å²) in [7, 11) is 0. The molecule has 1 saturated heterocycles. The van der Waals surface area contributed by atoms with E-state index >= 15 is 0 Å². The Morgan fingerprint density at radius 1 is 1.25 bits per heavy atom. The Hall–Kier alpha value is -1.09. The van der Waals surface area contributed by atoms with Crippen LogP contribution in [0.3, 0.4) is 0 Å². The van der Waals surface area contributed by atoms with E-state index < -0.39 is 6.17 Å². The summed E-state index contributed by atoms with van der Waals surface area (Å²) in [4.78, 5) is 2.69. The second-order valence-electron chi connectivity index (χ2n) is 8.74. The molecule has 1 spiro atoms. The van der Waals surface area contributed by atoms with Gasteiger partial charge in [-0.1, -0.05) is 12.2 Å². The van der Waals surface area contributed by atoms with Crippen LogP contribution in [0.2, 0.25) is 0 Å². The van der Waals surface area contributed by atoms with Crippen LogP contribution in [0.1, 0.15) is 38.5 Å². The van der Waals surface area contributed by atoms with Gasteiger partial charge in [0.25, 0.3) is 0 Å².